The monoisotopic (exact) mass is 339 g/mol. The van der Waals surface area contributed by atoms with Gasteiger partial charge in [-0.2, -0.15) is 5.10 Å². The van der Waals surface area contributed by atoms with Gasteiger partial charge in [-0.1, -0.05) is 6.92 Å². The first-order chi connectivity index (χ1) is 9.06. The first kappa shape index (κ1) is 16.0. The fourth-order valence-corrected chi connectivity index (χ4v) is 1.84. The third-order valence-electron chi connectivity index (χ3n) is 2.23. The third-order valence-corrected chi connectivity index (χ3v) is 2.99. The molecule has 0 radical (unpaired) electrons. The summed E-state index contributed by atoms with van der Waals surface area (Å²) in [5.74, 6) is 0. The Morgan fingerprint density at radius 2 is 2.32 bits per heavy atom. The lowest BCUT2D eigenvalue weighted by atomic mass is 10.4. The lowest BCUT2D eigenvalue weighted by Crippen LogP contribution is -2.25. The molecule has 1 aromatic rings. The number of hydrogen-bond donors (Lipinski definition) is 1. The molecule has 0 fully saturated rings. The van der Waals surface area contributed by atoms with E-state index >= 15 is 0 Å². The van der Waals surface area contributed by atoms with Gasteiger partial charge in [-0.25, -0.2) is 13.5 Å². The van der Waals surface area contributed by atoms with Crippen molar-refractivity contribution < 1.29 is 13.5 Å². The summed E-state index contributed by atoms with van der Waals surface area (Å²) in [7, 11) is 0. The van der Waals surface area contributed by atoms with Crippen molar-refractivity contribution in [1.82, 2.24) is 9.78 Å². The van der Waals surface area contributed by atoms with E-state index in [9.17, 15) is 13.6 Å². The average Bonchev–Trinajstić information content (AvgIpc) is 2.37. The third kappa shape index (κ3) is 5.23. The SMILES string of the molecule is CCCn1ncc(NCCOCC(F)F)c(Br)c1=O. The highest BCUT2D eigenvalue weighted by molar-refractivity contribution is 9.10. The maximum absolute atomic E-state index is 11.8. The van der Waals surface area contributed by atoms with Crippen molar-refractivity contribution in [3.8, 4) is 0 Å². The second kappa shape index (κ2) is 8.21. The first-order valence-electron chi connectivity index (χ1n) is 5.91. The minimum Gasteiger partial charge on any atom is -0.380 e. The maximum atomic E-state index is 11.8. The highest BCUT2D eigenvalue weighted by Crippen LogP contribution is 2.15. The summed E-state index contributed by atoms with van der Waals surface area (Å²) in [6.07, 6.45) is -0.131. The van der Waals surface area contributed by atoms with E-state index in [0.717, 1.165) is 6.42 Å². The first-order valence-corrected chi connectivity index (χ1v) is 6.71. The number of nitrogens with zero attached hydrogens (tertiary/aromatic N) is 2. The number of ether oxygens (including phenoxy) is 1. The second-order valence-corrected chi connectivity index (χ2v) is 4.59. The zero-order valence-electron chi connectivity index (χ0n) is 10.5. The van der Waals surface area contributed by atoms with Crippen LogP contribution in [0.25, 0.3) is 0 Å². The van der Waals surface area contributed by atoms with Crippen molar-refractivity contribution in [2.75, 3.05) is 25.1 Å². The molecule has 0 atom stereocenters. The molecule has 0 saturated heterocycles. The molecule has 0 aliphatic carbocycles. The molecule has 5 nitrogen and oxygen atoms in total. The van der Waals surface area contributed by atoms with Crippen LogP contribution in [0.1, 0.15) is 13.3 Å². The van der Waals surface area contributed by atoms with E-state index in [1.807, 2.05) is 6.92 Å². The minimum absolute atomic E-state index is 0.134. The Bertz CT molecular complexity index is 454. The van der Waals surface area contributed by atoms with Crippen LogP contribution in [-0.2, 0) is 11.3 Å². The number of alkyl halides is 2. The van der Waals surface area contributed by atoms with Crippen molar-refractivity contribution in [1.29, 1.82) is 0 Å². The van der Waals surface area contributed by atoms with E-state index in [2.05, 4.69) is 26.3 Å². The Kier molecular flexibility index (Phi) is 6.93. The summed E-state index contributed by atoms with van der Waals surface area (Å²) in [4.78, 5) is 11.8. The van der Waals surface area contributed by atoms with E-state index in [1.165, 1.54) is 10.9 Å². The second-order valence-electron chi connectivity index (χ2n) is 3.79. The van der Waals surface area contributed by atoms with Crippen LogP contribution >= 0.6 is 15.9 Å². The zero-order chi connectivity index (χ0) is 14.3. The summed E-state index contributed by atoms with van der Waals surface area (Å²) in [5.41, 5.74) is 0.304. The van der Waals surface area contributed by atoms with Gasteiger partial charge in [0.1, 0.15) is 11.1 Å². The van der Waals surface area contributed by atoms with Crippen LogP contribution in [0.5, 0.6) is 0 Å². The van der Waals surface area contributed by atoms with E-state index < -0.39 is 13.0 Å². The van der Waals surface area contributed by atoms with E-state index in [4.69, 9.17) is 4.74 Å². The number of aromatic nitrogens is 2. The molecule has 1 N–H and O–H groups in total. The molecule has 0 saturated carbocycles. The van der Waals surface area contributed by atoms with Gasteiger partial charge in [-0.15, -0.1) is 0 Å². The van der Waals surface area contributed by atoms with Crippen molar-refractivity contribution in [2.24, 2.45) is 0 Å². The molecule has 1 aromatic heterocycles. The van der Waals surface area contributed by atoms with Crippen LogP contribution < -0.4 is 10.9 Å². The summed E-state index contributed by atoms with van der Waals surface area (Å²) < 4.78 is 30.1. The molecule has 108 valence electrons. The van der Waals surface area contributed by atoms with Gasteiger partial charge in [0.2, 0.25) is 0 Å². The average molecular weight is 340 g/mol. The number of aryl methyl sites for hydroxylation is 1. The van der Waals surface area contributed by atoms with Gasteiger partial charge < -0.3 is 10.1 Å². The van der Waals surface area contributed by atoms with Crippen molar-refractivity contribution in [2.45, 2.75) is 26.3 Å². The summed E-state index contributed by atoms with van der Waals surface area (Å²) in [5, 5.41) is 6.91. The molecule has 1 rings (SSSR count). The number of anilines is 1. The van der Waals surface area contributed by atoms with Crippen LogP contribution in [-0.4, -0.2) is 36.0 Å². The van der Waals surface area contributed by atoms with Gasteiger partial charge >= 0.3 is 0 Å². The fourth-order valence-electron chi connectivity index (χ4n) is 1.39. The standard InChI is InChI=1S/C11H16BrF2N3O2/c1-2-4-17-11(18)10(12)8(6-16-17)15-3-5-19-7-9(13)14/h6,9,15H,2-5,7H2,1H3. The summed E-state index contributed by atoms with van der Waals surface area (Å²) >= 11 is 3.20. The van der Waals surface area contributed by atoms with Crippen LogP contribution in [0.15, 0.2) is 15.5 Å². The van der Waals surface area contributed by atoms with Crippen molar-refractivity contribution in [3.63, 3.8) is 0 Å². The summed E-state index contributed by atoms with van der Waals surface area (Å²) in [6, 6.07) is 0. The Morgan fingerprint density at radius 3 is 2.95 bits per heavy atom. The Balaban J connectivity index is 2.51. The molecule has 19 heavy (non-hydrogen) atoms. The molecular formula is C11H16BrF2N3O2. The molecule has 0 aromatic carbocycles. The van der Waals surface area contributed by atoms with Crippen LogP contribution in [0.3, 0.4) is 0 Å². The molecule has 0 aliphatic rings. The van der Waals surface area contributed by atoms with Crippen LogP contribution in [0, 0.1) is 0 Å². The minimum atomic E-state index is -2.47. The molecule has 1 heterocycles. The van der Waals surface area contributed by atoms with Crippen LogP contribution in [0.2, 0.25) is 0 Å². The van der Waals surface area contributed by atoms with Crippen molar-refractivity contribution in [3.05, 3.63) is 21.0 Å². The number of halogens is 3. The molecule has 0 unspecified atom stereocenters. The van der Waals surface area contributed by atoms with Gasteiger partial charge in [0.15, 0.2) is 0 Å². The van der Waals surface area contributed by atoms with E-state index in [-0.39, 0.29) is 12.2 Å². The molecule has 8 heteroatoms. The highest BCUT2D eigenvalue weighted by atomic mass is 79.9. The fraction of sp³-hybridized carbons (Fsp3) is 0.636. The van der Waals surface area contributed by atoms with Crippen molar-refractivity contribution >= 4 is 21.6 Å². The molecule has 0 bridgehead atoms. The van der Waals surface area contributed by atoms with Gasteiger partial charge in [-0.05, 0) is 22.4 Å². The van der Waals surface area contributed by atoms with Gasteiger partial charge in [-0.3, -0.25) is 4.79 Å². The summed E-state index contributed by atoms with van der Waals surface area (Å²) in [6.45, 7) is 2.38. The van der Waals surface area contributed by atoms with Gasteiger partial charge in [0.25, 0.3) is 12.0 Å². The predicted octanol–water partition coefficient (Wildman–Crippen LogP) is 2.11. The quantitative estimate of drug-likeness (QED) is 0.737. The number of nitrogens with one attached hydrogen (secondary N) is 1. The number of hydrogen-bond acceptors (Lipinski definition) is 4. The lowest BCUT2D eigenvalue weighted by Gasteiger charge is -2.10. The molecule has 0 spiro atoms. The maximum Gasteiger partial charge on any atom is 0.283 e. The normalized spacial score (nSPS) is 11.0. The molecule has 0 amide bonds. The smallest absolute Gasteiger partial charge is 0.283 e. The van der Waals surface area contributed by atoms with Gasteiger partial charge in [0, 0.05) is 13.1 Å². The number of rotatable bonds is 8. The lowest BCUT2D eigenvalue weighted by molar-refractivity contribution is 0.0215. The van der Waals surface area contributed by atoms with E-state index in [1.54, 1.807) is 0 Å². The predicted molar refractivity (Wildman–Crippen MR) is 71.8 cm³/mol. The Labute approximate surface area is 118 Å². The molecule has 0 aliphatic heterocycles. The van der Waals surface area contributed by atoms with Crippen LogP contribution in [0.4, 0.5) is 14.5 Å². The molecular weight excluding hydrogens is 324 g/mol. The Morgan fingerprint density at radius 1 is 1.58 bits per heavy atom. The van der Waals surface area contributed by atoms with Gasteiger partial charge in [0.05, 0.1) is 18.5 Å². The van der Waals surface area contributed by atoms with E-state index in [0.29, 0.717) is 23.2 Å². The topological polar surface area (TPSA) is 56.1 Å². The zero-order valence-corrected chi connectivity index (χ0v) is 12.1. The largest absolute Gasteiger partial charge is 0.380 e. The Hall–Kier alpha value is -1.02. The highest BCUT2D eigenvalue weighted by Gasteiger charge is 2.08.